The maximum absolute atomic E-state index is 4.64. The first-order valence-corrected chi connectivity index (χ1v) is 7.65. The maximum atomic E-state index is 4.64. The van der Waals surface area contributed by atoms with Gasteiger partial charge in [-0.15, -0.1) is 0 Å². The molecule has 0 heterocycles. The van der Waals surface area contributed by atoms with Crippen LogP contribution in [0.4, 0.5) is 0 Å². The molecular weight excluding hydrogens is 274 g/mol. The van der Waals surface area contributed by atoms with Crippen LogP contribution in [0.15, 0.2) is 76.0 Å². The van der Waals surface area contributed by atoms with Crippen LogP contribution in [0.2, 0.25) is 0 Å². The largest absolute Gasteiger partial charge is 0.199 e. The summed E-state index contributed by atoms with van der Waals surface area (Å²) >= 11 is 4.64. The summed E-state index contributed by atoms with van der Waals surface area (Å²) in [7, 11) is 0. The Balaban J connectivity index is 2.10. The molecule has 0 aliphatic heterocycles. The van der Waals surface area contributed by atoms with E-state index < -0.39 is 0 Å². The molecule has 1 atom stereocenters. The number of aliphatic imine (C=N–C) groups is 1. The minimum absolute atomic E-state index is 0.547. The number of allylic oxidation sites excluding steroid dienone is 9. The minimum atomic E-state index is 0.547. The smallest absolute Gasteiger partial charge is 0.0637 e. The van der Waals surface area contributed by atoms with Gasteiger partial charge in [-0.2, -0.15) is 4.99 Å². The zero-order chi connectivity index (χ0) is 15.4. The first kappa shape index (κ1) is 15.6. The lowest BCUT2D eigenvalue weighted by atomic mass is 9.82. The van der Waals surface area contributed by atoms with Crippen molar-refractivity contribution >= 4 is 17.4 Å². The molecule has 0 amide bonds. The Morgan fingerprint density at radius 3 is 2.76 bits per heavy atom. The van der Waals surface area contributed by atoms with E-state index in [2.05, 4.69) is 67.6 Å². The van der Waals surface area contributed by atoms with Crippen molar-refractivity contribution in [2.75, 3.05) is 0 Å². The number of thiocarbonyl (C=S) groups is 1. The SMILES string of the molecule is C=C1C=C(N=C=S)CC=C1CC=C1C(=C)C=C(C)CC1C. The summed E-state index contributed by atoms with van der Waals surface area (Å²) in [6.07, 6.45) is 11.5. The van der Waals surface area contributed by atoms with Crippen LogP contribution < -0.4 is 0 Å². The van der Waals surface area contributed by atoms with Crippen molar-refractivity contribution in [3.63, 3.8) is 0 Å². The van der Waals surface area contributed by atoms with Crippen LogP contribution in [0.3, 0.4) is 0 Å². The highest BCUT2D eigenvalue weighted by atomic mass is 32.1. The van der Waals surface area contributed by atoms with Gasteiger partial charge in [0, 0.05) is 6.42 Å². The van der Waals surface area contributed by atoms with Crippen LogP contribution in [-0.4, -0.2) is 5.16 Å². The Hall–Kier alpha value is -1.76. The number of hydrogen-bond donors (Lipinski definition) is 0. The molecule has 2 aliphatic carbocycles. The van der Waals surface area contributed by atoms with Crippen molar-refractivity contribution in [3.8, 4) is 0 Å². The van der Waals surface area contributed by atoms with E-state index >= 15 is 0 Å². The molecule has 0 aromatic heterocycles. The predicted molar refractivity (Wildman–Crippen MR) is 94.3 cm³/mol. The molecule has 0 bridgehead atoms. The van der Waals surface area contributed by atoms with Crippen LogP contribution in [-0.2, 0) is 0 Å². The molecule has 0 aromatic carbocycles. The minimum Gasteiger partial charge on any atom is -0.199 e. The second kappa shape index (κ2) is 6.80. The zero-order valence-corrected chi connectivity index (χ0v) is 13.6. The molecule has 2 rings (SSSR count). The third-order valence-corrected chi connectivity index (χ3v) is 4.08. The average Bonchev–Trinajstić information content (AvgIpc) is 2.40. The predicted octanol–water partition coefficient (Wildman–Crippen LogP) is 5.72. The van der Waals surface area contributed by atoms with E-state index in [9.17, 15) is 0 Å². The first-order chi connectivity index (χ1) is 10.0. The highest BCUT2D eigenvalue weighted by molar-refractivity contribution is 7.78. The van der Waals surface area contributed by atoms with Gasteiger partial charge < -0.3 is 0 Å². The summed E-state index contributed by atoms with van der Waals surface area (Å²) in [6.45, 7) is 12.7. The van der Waals surface area contributed by atoms with E-state index in [1.807, 2.05) is 6.08 Å². The fourth-order valence-corrected chi connectivity index (χ4v) is 3.08. The number of hydrogen-bond acceptors (Lipinski definition) is 2. The lowest BCUT2D eigenvalue weighted by Gasteiger charge is -2.23. The molecule has 0 N–H and O–H groups in total. The Bertz CT molecular complexity index is 649. The van der Waals surface area contributed by atoms with E-state index in [1.165, 1.54) is 16.7 Å². The van der Waals surface area contributed by atoms with Gasteiger partial charge in [-0.25, -0.2) is 0 Å². The second-order valence-electron chi connectivity index (χ2n) is 5.78. The van der Waals surface area contributed by atoms with Crippen LogP contribution in [0.1, 0.15) is 33.1 Å². The van der Waals surface area contributed by atoms with Gasteiger partial charge in [0.05, 0.1) is 10.9 Å². The summed E-state index contributed by atoms with van der Waals surface area (Å²) in [6, 6.07) is 0. The molecule has 0 aromatic rings. The van der Waals surface area contributed by atoms with Gasteiger partial charge in [-0.05, 0) is 66.3 Å². The summed E-state index contributed by atoms with van der Waals surface area (Å²) in [4.78, 5) is 4.03. The molecule has 108 valence electrons. The fraction of sp³-hybridized carbons (Fsp3) is 0.316. The van der Waals surface area contributed by atoms with E-state index in [4.69, 9.17) is 0 Å². The van der Waals surface area contributed by atoms with Crippen molar-refractivity contribution in [2.24, 2.45) is 10.9 Å². The molecule has 1 unspecified atom stereocenters. The van der Waals surface area contributed by atoms with E-state index in [0.29, 0.717) is 5.92 Å². The Labute approximate surface area is 132 Å². The third-order valence-electron chi connectivity index (χ3n) is 3.99. The monoisotopic (exact) mass is 295 g/mol. The number of nitrogens with zero attached hydrogens (tertiary/aromatic N) is 1. The Kier molecular flexibility index (Phi) is 5.06. The van der Waals surface area contributed by atoms with Gasteiger partial charge in [0.25, 0.3) is 0 Å². The molecule has 1 nitrogen and oxygen atoms in total. The molecule has 2 heteroatoms. The molecule has 0 spiro atoms. The van der Waals surface area contributed by atoms with Gasteiger partial charge >= 0.3 is 0 Å². The summed E-state index contributed by atoms with van der Waals surface area (Å²) in [5.41, 5.74) is 7.13. The van der Waals surface area contributed by atoms with Gasteiger partial charge in [0.2, 0.25) is 0 Å². The first-order valence-electron chi connectivity index (χ1n) is 7.24. The highest BCUT2D eigenvalue weighted by Crippen LogP contribution is 2.33. The van der Waals surface area contributed by atoms with E-state index in [0.717, 1.165) is 36.1 Å². The molecule has 2 aliphatic rings. The van der Waals surface area contributed by atoms with E-state index in [1.54, 1.807) is 0 Å². The maximum Gasteiger partial charge on any atom is 0.0637 e. The van der Waals surface area contributed by atoms with Crippen molar-refractivity contribution in [1.29, 1.82) is 0 Å². The van der Waals surface area contributed by atoms with E-state index in [-0.39, 0.29) is 0 Å². The summed E-state index contributed by atoms with van der Waals surface area (Å²) in [5.74, 6) is 0.547. The van der Waals surface area contributed by atoms with Crippen LogP contribution in [0.25, 0.3) is 0 Å². The van der Waals surface area contributed by atoms with Crippen molar-refractivity contribution in [3.05, 3.63) is 71.0 Å². The normalized spacial score (nSPS) is 24.2. The molecule has 0 saturated carbocycles. The lowest BCUT2D eigenvalue weighted by molar-refractivity contribution is 0.664. The van der Waals surface area contributed by atoms with Crippen LogP contribution in [0, 0.1) is 5.92 Å². The van der Waals surface area contributed by atoms with Crippen LogP contribution >= 0.6 is 12.2 Å². The Morgan fingerprint density at radius 2 is 2.14 bits per heavy atom. The van der Waals surface area contributed by atoms with Crippen molar-refractivity contribution in [1.82, 2.24) is 0 Å². The quantitative estimate of drug-likeness (QED) is 0.479. The van der Waals surface area contributed by atoms with Gasteiger partial charge in [-0.1, -0.05) is 43.9 Å². The van der Waals surface area contributed by atoms with Crippen LogP contribution in [0.5, 0.6) is 0 Å². The summed E-state index contributed by atoms with van der Waals surface area (Å²) < 4.78 is 0. The second-order valence-corrected chi connectivity index (χ2v) is 5.96. The number of rotatable bonds is 3. The van der Waals surface area contributed by atoms with Gasteiger partial charge in [-0.3, -0.25) is 0 Å². The fourth-order valence-electron chi connectivity index (χ4n) is 2.96. The lowest BCUT2D eigenvalue weighted by Crippen LogP contribution is -2.07. The molecular formula is C19H21NS. The molecule has 0 fully saturated rings. The zero-order valence-electron chi connectivity index (χ0n) is 12.8. The average molecular weight is 295 g/mol. The van der Waals surface area contributed by atoms with Gasteiger partial charge in [0.1, 0.15) is 0 Å². The highest BCUT2D eigenvalue weighted by Gasteiger charge is 2.17. The summed E-state index contributed by atoms with van der Waals surface area (Å²) in [5, 5.41) is 2.41. The third kappa shape index (κ3) is 3.87. The molecule has 21 heavy (non-hydrogen) atoms. The van der Waals surface area contributed by atoms with Crippen molar-refractivity contribution < 1.29 is 0 Å². The van der Waals surface area contributed by atoms with Crippen molar-refractivity contribution in [2.45, 2.75) is 33.1 Å². The van der Waals surface area contributed by atoms with Gasteiger partial charge in [0.15, 0.2) is 0 Å². The Morgan fingerprint density at radius 1 is 1.38 bits per heavy atom. The molecule has 0 saturated heterocycles. The molecule has 0 radical (unpaired) electrons. The standard InChI is InChI=1S/C19H21NS/c1-13-9-15(3)19(16(4)10-13)8-6-17-5-7-18(20-12-21)11-14(17)2/h5,8-9,11,16H,2-3,6-7,10H2,1,4H3. The topological polar surface area (TPSA) is 12.4 Å². The number of isothiocyanates is 1.